The highest BCUT2D eigenvalue weighted by molar-refractivity contribution is 5.92. The molecular formula is C20H22N4O. The second-order valence-electron chi connectivity index (χ2n) is 6.88. The van der Waals surface area contributed by atoms with E-state index in [1.54, 1.807) is 12.5 Å². The van der Waals surface area contributed by atoms with Crippen molar-refractivity contribution in [1.29, 1.82) is 0 Å². The Labute approximate surface area is 147 Å². The molecule has 5 nitrogen and oxygen atoms in total. The molecular weight excluding hydrogens is 312 g/mol. The summed E-state index contributed by atoms with van der Waals surface area (Å²) in [6, 6.07) is 10.4. The maximum Gasteiger partial charge on any atom is 0.274 e. The fourth-order valence-corrected chi connectivity index (χ4v) is 3.74. The van der Waals surface area contributed by atoms with Crippen molar-refractivity contribution in [2.75, 3.05) is 13.1 Å². The lowest BCUT2D eigenvalue weighted by Gasteiger charge is -2.32. The van der Waals surface area contributed by atoms with Crippen molar-refractivity contribution >= 4 is 16.8 Å². The molecule has 1 amide bonds. The largest absolute Gasteiger partial charge is 0.340 e. The number of likely N-dealkylation sites (tertiary alicyclic amines) is 1. The number of rotatable bonds is 3. The predicted octanol–water partition coefficient (Wildman–Crippen LogP) is 3.06. The van der Waals surface area contributed by atoms with Gasteiger partial charge < -0.3 is 9.47 Å². The summed E-state index contributed by atoms with van der Waals surface area (Å²) < 4.78 is 1.82. The second kappa shape index (κ2) is 6.67. The number of piperidine rings is 1. The molecule has 5 heteroatoms. The molecule has 25 heavy (non-hydrogen) atoms. The van der Waals surface area contributed by atoms with E-state index >= 15 is 0 Å². The van der Waals surface area contributed by atoms with Gasteiger partial charge in [-0.25, -0.2) is 4.98 Å². The van der Waals surface area contributed by atoms with Crippen LogP contribution in [0.1, 0.15) is 28.9 Å². The summed E-state index contributed by atoms with van der Waals surface area (Å²) in [6.45, 7) is 1.61. The van der Waals surface area contributed by atoms with E-state index in [9.17, 15) is 4.79 Å². The van der Waals surface area contributed by atoms with Crippen molar-refractivity contribution in [2.45, 2.75) is 19.3 Å². The molecule has 0 N–H and O–H groups in total. The van der Waals surface area contributed by atoms with Crippen LogP contribution in [0, 0.1) is 5.92 Å². The van der Waals surface area contributed by atoms with E-state index in [-0.39, 0.29) is 5.91 Å². The van der Waals surface area contributed by atoms with Crippen LogP contribution in [0.2, 0.25) is 0 Å². The first-order chi connectivity index (χ1) is 12.2. The Morgan fingerprint density at radius 3 is 2.96 bits per heavy atom. The van der Waals surface area contributed by atoms with Gasteiger partial charge in [-0.3, -0.25) is 9.78 Å². The number of aromatic nitrogens is 3. The molecule has 3 aromatic rings. The fourth-order valence-electron chi connectivity index (χ4n) is 3.74. The van der Waals surface area contributed by atoms with Crippen molar-refractivity contribution in [3.8, 4) is 0 Å². The van der Waals surface area contributed by atoms with E-state index in [0.29, 0.717) is 11.6 Å². The third-order valence-electron chi connectivity index (χ3n) is 4.96. The van der Waals surface area contributed by atoms with Crippen molar-refractivity contribution in [3.05, 3.63) is 60.3 Å². The van der Waals surface area contributed by atoms with Gasteiger partial charge in [-0.15, -0.1) is 0 Å². The molecule has 0 spiro atoms. The lowest BCUT2D eigenvalue weighted by molar-refractivity contribution is 0.0668. The number of fused-ring (bicyclic) bond motifs is 1. The van der Waals surface area contributed by atoms with Gasteiger partial charge in [0, 0.05) is 37.9 Å². The molecule has 1 saturated heterocycles. The monoisotopic (exact) mass is 334 g/mol. The lowest BCUT2D eigenvalue weighted by atomic mass is 9.90. The minimum Gasteiger partial charge on any atom is -0.340 e. The van der Waals surface area contributed by atoms with Crippen molar-refractivity contribution in [2.24, 2.45) is 13.0 Å². The van der Waals surface area contributed by atoms with E-state index < -0.39 is 0 Å². The molecule has 0 aliphatic carbocycles. The zero-order chi connectivity index (χ0) is 17.2. The Kier molecular flexibility index (Phi) is 4.22. The summed E-state index contributed by atoms with van der Waals surface area (Å²) in [7, 11) is 1.89. The minimum atomic E-state index is 0.0429. The van der Waals surface area contributed by atoms with Crippen LogP contribution < -0.4 is 0 Å². The Morgan fingerprint density at radius 2 is 2.12 bits per heavy atom. The van der Waals surface area contributed by atoms with E-state index in [1.165, 1.54) is 10.9 Å². The molecule has 128 valence electrons. The average Bonchev–Trinajstić information content (AvgIpc) is 3.08. The number of benzene rings is 1. The number of carbonyl (C=O) groups excluding carboxylic acids is 1. The molecule has 0 unspecified atom stereocenters. The standard InChI is InChI=1S/C20H22N4O/c1-23-13-18(22-14-23)20(25)24-10-4-5-15(12-24)11-17-7-2-6-16-8-3-9-21-19(16)17/h2-3,6-9,13-15H,4-5,10-12H2,1H3/t15-/m1/s1. The van der Waals surface area contributed by atoms with Gasteiger partial charge in [-0.05, 0) is 36.8 Å². The molecule has 3 heterocycles. The highest BCUT2D eigenvalue weighted by atomic mass is 16.2. The number of hydrogen-bond acceptors (Lipinski definition) is 3. The van der Waals surface area contributed by atoms with Crippen LogP contribution in [0.25, 0.3) is 10.9 Å². The minimum absolute atomic E-state index is 0.0429. The summed E-state index contributed by atoms with van der Waals surface area (Å²) in [4.78, 5) is 23.4. The normalized spacial score (nSPS) is 17.8. The molecule has 2 aromatic heterocycles. The van der Waals surface area contributed by atoms with E-state index in [2.05, 4.69) is 34.2 Å². The molecule has 1 atom stereocenters. The molecule has 1 aliphatic heterocycles. The van der Waals surface area contributed by atoms with Gasteiger partial charge in [-0.1, -0.05) is 24.3 Å². The van der Waals surface area contributed by atoms with Gasteiger partial charge in [0.15, 0.2) is 0 Å². The van der Waals surface area contributed by atoms with Crippen LogP contribution in [0.15, 0.2) is 49.1 Å². The zero-order valence-electron chi connectivity index (χ0n) is 14.4. The number of hydrogen-bond donors (Lipinski definition) is 0. The Morgan fingerprint density at radius 1 is 1.24 bits per heavy atom. The van der Waals surface area contributed by atoms with Crippen LogP contribution >= 0.6 is 0 Å². The first-order valence-electron chi connectivity index (χ1n) is 8.80. The second-order valence-corrected chi connectivity index (χ2v) is 6.88. The van der Waals surface area contributed by atoms with E-state index in [0.717, 1.165) is 37.9 Å². The van der Waals surface area contributed by atoms with Crippen molar-refractivity contribution < 1.29 is 4.79 Å². The molecule has 0 radical (unpaired) electrons. The Balaban J connectivity index is 1.50. The first-order valence-corrected chi connectivity index (χ1v) is 8.80. The summed E-state index contributed by atoms with van der Waals surface area (Å²) in [5.41, 5.74) is 2.89. The van der Waals surface area contributed by atoms with Crippen LogP contribution in [0.4, 0.5) is 0 Å². The smallest absolute Gasteiger partial charge is 0.274 e. The number of para-hydroxylation sites is 1. The van der Waals surface area contributed by atoms with Crippen molar-refractivity contribution in [1.82, 2.24) is 19.4 Å². The third kappa shape index (κ3) is 3.27. The molecule has 1 aromatic carbocycles. The fraction of sp³-hybridized carbons (Fsp3) is 0.350. The van der Waals surface area contributed by atoms with Crippen molar-refractivity contribution in [3.63, 3.8) is 0 Å². The highest BCUT2D eigenvalue weighted by Gasteiger charge is 2.26. The summed E-state index contributed by atoms with van der Waals surface area (Å²) >= 11 is 0. The summed E-state index contributed by atoms with van der Waals surface area (Å²) in [6.07, 6.45) is 8.47. The highest BCUT2D eigenvalue weighted by Crippen LogP contribution is 2.25. The van der Waals surface area contributed by atoms with Crippen LogP contribution in [0.5, 0.6) is 0 Å². The molecule has 1 aliphatic rings. The van der Waals surface area contributed by atoms with Gasteiger partial charge in [0.1, 0.15) is 5.69 Å². The number of aryl methyl sites for hydroxylation is 1. The summed E-state index contributed by atoms with van der Waals surface area (Å²) in [5, 5.41) is 1.18. The lowest BCUT2D eigenvalue weighted by Crippen LogP contribution is -2.40. The SMILES string of the molecule is Cn1cnc(C(=O)N2CCC[C@H](Cc3cccc4cccnc34)C2)c1. The molecule has 4 rings (SSSR count). The van der Waals surface area contributed by atoms with Gasteiger partial charge >= 0.3 is 0 Å². The zero-order valence-corrected chi connectivity index (χ0v) is 14.4. The predicted molar refractivity (Wildman–Crippen MR) is 97.3 cm³/mol. The van der Waals surface area contributed by atoms with Crippen LogP contribution in [-0.4, -0.2) is 38.4 Å². The molecule has 1 fully saturated rings. The van der Waals surface area contributed by atoms with Gasteiger partial charge in [0.05, 0.1) is 11.8 Å². The third-order valence-corrected chi connectivity index (χ3v) is 4.96. The van der Waals surface area contributed by atoms with Crippen LogP contribution in [0.3, 0.4) is 0 Å². The maximum absolute atomic E-state index is 12.7. The Bertz CT molecular complexity index is 896. The first kappa shape index (κ1) is 15.8. The average molecular weight is 334 g/mol. The van der Waals surface area contributed by atoms with Gasteiger partial charge in [0.2, 0.25) is 0 Å². The van der Waals surface area contributed by atoms with Gasteiger partial charge in [0.25, 0.3) is 5.91 Å². The number of amides is 1. The molecule has 0 bridgehead atoms. The Hall–Kier alpha value is -2.69. The number of nitrogens with zero attached hydrogens (tertiary/aromatic N) is 4. The number of carbonyl (C=O) groups is 1. The van der Waals surface area contributed by atoms with Gasteiger partial charge in [-0.2, -0.15) is 0 Å². The molecule has 0 saturated carbocycles. The van der Waals surface area contributed by atoms with E-state index in [4.69, 9.17) is 0 Å². The maximum atomic E-state index is 12.7. The van der Waals surface area contributed by atoms with E-state index in [1.807, 2.05) is 28.8 Å². The number of imidazole rings is 1. The summed E-state index contributed by atoms with van der Waals surface area (Å²) in [5.74, 6) is 0.510. The van der Waals surface area contributed by atoms with Crippen LogP contribution in [-0.2, 0) is 13.5 Å². The quantitative estimate of drug-likeness (QED) is 0.740. The number of pyridine rings is 1. The topological polar surface area (TPSA) is 51.0 Å².